The smallest absolute Gasteiger partial charge is 0.407 e. The largest absolute Gasteiger partial charge is 0.445 e. The van der Waals surface area contributed by atoms with Gasteiger partial charge in [0.25, 0.3) is 0 Å². The summed E-state index contributed by atoms with van der Waals surface area (Å²) in [4.78, 5) is 40.9. The number of nitrogens with zero attached hydrogens (tertiary/aromatic N) is 1. The van der Waals surface area contributed by atoms with Gasteiger partial charge in [0.05, 0.1) is 6.61 Å². The Morgan fingerprint density at radius 2 is 1.18 bits per heavy atom. The van der Waals surface area contributed by atoms with E-state index in [9.17, 15) is 29.7 Å². The second kappa shape index (κ2) is 31.4. The highest BCUT2D eigenvalue weighted by molar-refractivity contribution is 5.82. The molecule has 2 rings (SSSR count). The molecule has 5 N–H and O–H groups in total. The molecule has 0 aliphatic carbocycles. The first-order valence-corrected chi connectivity index (χ1v) is 22.0. The number of benzene rings is 1. The van der Waals surface area contributed by atoms with Crippen LogP contribution in [-0.4, -0.2) is 88.4 Å². The van der Waals surface area contributed by atoms with Crippen LogP contribution >= 0.6 is 0 Å². The number of unbranched alkanes of at least 4 members (excludes halogenated alkanes) is 21. The molecule has 1 aromatic rings. The van der Waals surface area contributed by atoms with Gasteiger partial charge in [-0.2, -0.15) is 0 Å². The van der Waals surface area contributed by atoms with E-state index in [2.05, 4.69) is 24.5 Å². The van der Waals surface area contributed by atoms with Crippen molar-refractivity contribution < 1.29 is 39.2 Å². The number of hydrogen-bond acceptors (Lipinski definition) is 8. The summed E-state index contributed by atoms with van der Waals surface area (Å²) in [5.74, 6) is -0.794. The zero-order chi connectivity index (χ0) is 39.9. The Kier molecular flexibility index (Phi) is 27.6. The molecule has 3 amide bonds. The zero-order valence-corrected chi connectivity index (χ0v) is 34.4. The fourth-order valence-electron chi connectivity index (χ4n) is 7.28. The van der Waals surface area contributed by atoms with Crippen molar-refractivity contribution in [3.05, 3.63) is 35.9 Å². The van der Waals surface area contributed by atoms with E-state index in [1.165, 1.54) is 96.3 Å². The van der Waals surface area contributed by atoms with Crippen molar-refractivity contribution in [2.45, 2.75) is 205 Å². The van der Waals surface area contributed by atoms with Crippen molar-refractivity contribution in [1.82, 2.24) is 15.5 Å². The van der Waals surface area contributed by atoms with Crippen molar-refractivity contribution in [1.29, 1.82) is 0 Å². The van der Waals surface area contributed by atoms with Crippen LogP contribution in [0, 0.1) is 0 Å². The number of aliphatic hydroxyl groups excluding tert-OH is 3. The number of hydrogen-bond donors (Lipinski definition) is 5. The van der Waals surface area contributed by atoms with Gasteiger partial charge >= 0.3 is 6.09 Å². The number of aliphatic hydroxyl groups is 3. The van der Waals surface area contributed by atoms with E-state index in [-0.39, 0.29) is 12.5 Å². The highest BCUT2D eigenvalue weighted by Gasteiger charge is 2.48. The molecule has 0 saturated carbocycles. The molecule has 0 radical (unpaired) electrons. The van der Waals surface area contributed by atoms with E-state index in [0.717, 1.165) is 56.9 Å². The lowest BCUT2D eigenvalue weighted by Gasteiger charge is -2.47. The number of carbonyl (C=O) groups excluding carboxylic acids is 3. The molecule has 0 unspecified atom stereocenters. The highest BCUT2D eigenvalue weighted by Crippen LogP contribution is 2.26. The highest BCUT2D eigenvalue weighted by atomic mass is 16.6. The standard InChI is InChI=1S/C44H77N3O8/c1-3-5-7-9-11-13-15-16-17-18-20-22-27-31-39(50)47(32-28-23-21-19-14-12-10-8-6-4-2)43-40(42(52)41(51)37(34-48)55-43)46-38(49)33-45-44(53)54-35-36-29-25-24-26-30-36/h24-26,29-30,37,40-43,48,51-52H,3-23,27-28,31-35H2,1-2H3,(H,45,53)(H,46,49)/t37-,40-,41-,42-,43-/m1/s1. The van der Waals surface area contributed by atoms with Crippen LogP contribution in [0.25, 0.3) is 0 Å². The first-order valence-electron chi connectivity index (χ1n) is 22.0. The average molecular weight is 776 g/mol. The molecule has 0 spiro atoms. The molecular weight excluding hydrogens is 698 g/mol. The molecule has 5 atom stereocenters. The van der Waals surface area contributed by atoms with Crippen LogP contribution in [0.15, 0.2) is 30.3 Å². The monoisotopic (exact) mass is 776 g/mol. The fourth-order valence-corrected chi connectivity index (χ4v) is 7.28. The van der Waals surface area contributed by atoms with Crippen LogP contribution in [0.1, 0.15) is 174 Å². The van der Waals surface area contributed by atoms with Crippen molar-refractivity contribution in [3.8, 4) is 0 Å². The SMILES string of the molecule is CCCCCCCCCCCCCCCC(=O)N(CCCCCCCCCCCC)[C@@H]1O[C@H](CO)[C@@H](O)[C@H](O)[C@H]1NC(=O)CNC(=O)OCc1ccccc1. The Bertz CT molecular complexity index is 1130. The van der Waals surface area contributed by atoms with Gasteiger partial charge in [0.1, 0.15) is 37.5 Å². The maximum Gasteiger partial charge on any atom is 0.407 e. The number of nitrogens with one attached hydrogen (secondary N) is 2. The van der Waals surface area contributed by atoms with Crippen LogP contribution in [0.5, 0.6) is 0 Å². The van der Waals surface area contributed by atoms with Crippen LogP contribution in [-0.2, 0) is 25.7 Å². The molecule has 1 saturated heterocycles. The molecule has 1 heterocycles. The molecule has 1 aliphatic heterocycles. The van der Waals surface area contributed by atoms with Gasteiger partial charge in [-0.1, -0.05) is 179 Å². The van der Waals surface area contributed by atoms with Crippen LogP contribution in [0.4, 0.5) is 4.79 Å². The summed E-state index contributed by atoms with van der Waals surface area (Å²) in [6.07, 6.45) is 21.2. The molecule has 1 aromatic carbocycles. The van der Waals surface area contributed by atoms with Gasteiger partial charge in [-0.25, -0.2) is 4.79 Å². The second-order valence-corrected chi connectivity index (χ2v) is 15.5. The van der Waals surface area contributed by atoms with Gasteiger partial charge < -0.3 is 40.3 Å². The Morgan fingerprint density at radius 3 is 1.69 bits per heavy atom. The molecule has 11 heteroatoms. The molecule has 0 aromatic heterocycles. The Labute approximate surface area is 332 Å². The average Bonchev–Trinajstić information content (AvgIpc) is 3.19. The lowest BCUT2D eigenvalue weighted by atomic mass is 9.94. The first-order chi connectivity index (χ1) is 26.8. The van der Waals surface area contributed by atoms with E-state index in [1.807, 2.05) is 30.3 Å². The van der Waals surface area contributed by atoms with Gasteiger partial charge in [0.2, 0.25) is 11.8 Å². The van der Waals surface area contributed by atoms with Crippen molar-refractivity contribution >= 4 is 17.9 Å². The maximum atomic E-state index is 13.9. The lowest BCUT2D eigenvalue weighted by Crippen LogP contribution is -2.69. The Balaban J connectivity index is 1.96. The number of alkyl carbamates (subject to hydrolysis) is 1. The summed E-state index contributed by atoms with van der Waals surface area (Å²) >= 11 is 0. The summed E-state index contributed by atoms with van der Waals surface area (Å²) in [6, 6.07) is 7.96. The van der Waals surface area contributed by atoms with E-state index in [0.29, 0.717) is 13.0 Å². The van der Waals surface area contributed by atoms with Crippen LogP contribution in [0.3, 0.4) is 0 Å². The summed E-state index contributed by atoms with van der Waals surface area (Å²) in [6.45, 7) is 3.85. The molecule has 55 heavy (non-hydrogen) atoms. The molecule has 0 bridgehead atoms. The van der Waals surface area contributed by atoms with Gasteiger partial charge in [-0.15, -0.1) is 0 Å². The normalized spacial score (nSPS) is 19.5. The predicted octanol–water partition coefficient (Wildman–Crippen LogP) is 8.07. The van der Waals surface area contributed by atoms with Gasteiger partial charge in [0.15, 0.2) is 6.23 Å². The number of amides is 3. The van der Waals surface area contributed by atoms with Crippen molar-refractivity contribution in [2.24, 2.45) is 0 Å². The molecule has 1 aliphatic rings. The third kappa shape index (κ3) is 21.4. The second-order valence-electron chi connectivity index (χ2n) is 15.5. The quantitative estimate of drug-likeness (QED) is 0.0460. The van der Waals surface area contributed by atoms with Crippen molar-refractivity contribution in [2.75, 3.05) is 19.7 Å². The molecular formula is C44H77N3O8. The van der Waals surface area contributed by atoms with Gasteiger partial charge in [-0.3, -0.25) is 9.59 Å². The molecule has 316 valence electrons. The van der Waals surface area contributed by atoms with Crippen LogP contribution in [0.2, 0.25) is 0 Å². The molecule has 1 fully saturated rings. The third-order valence-electron chi connectivity index (χ3n) is 10.7. The summed E-state index contributed by atoms with van der Waals surface area (Å²) in [5.41, 5.74) is 0.797. The summed E-state index contributed by atoms with van der Waals surface area (Å²) in [5, 5.41) is 37.1. The van der Waals surface area contributed by atoms with E-state index in [1.54, 1.807) is 4.90 Å². The topological polar surface area (TPSA) is 158 Å². The minimum Gasteiger partial charge on any atom is -0.445 e. The Hall–Kier alpha value is -2.73. The number of carbonyl (C=O) groups is 3. The van der Waals surface area contributed by atoms with E-state index in [4.69, 9.17) is 9.47 Å². The zero-order valence-electron chi connectivity index (χ0n) is 34.4. The van der Waals surface area contributed by atoms with Gasteiger partial charge in [-0.05, 0) is 18.4 Å². The minimum atomic E-state index is -1.52. The maximum absolute atomic E-state index is 13.9. The number of ether oxygens (including phenoxy) is 2. The lowest BCUT2D eigenvalue weighted by molar-refractivity contribution is -0.231. The Morgan fingerprint density at radius 1 is 0.691 bits per heavy atom. The van der Waals surface area contributed by atoms with E-state index < -0.39 is 55.7 Å². The fraction of sp³-hybridized carbons (Fsp3) is 0.795. The van der Waals surface area contributed by atoms with Gasteiger partial charge in [0, 0.05) is 13.0 Å². The third-order valence-corrected chi connectivity index (χ3v) is 10.7. The number of rotatable bonds is 32. The van der Waals surface area contributed by atoms with Crippen molar-refractivity contribution in [3.63, 3.8) is 0 Å². The summed E-state index contributed by atoms with van der Waals surface area (Å²) in [7, 11) is 0. The summed E-state index contributed by atoms with van der Waals surface area (Å²) < 4.78 is 11.3. The minimum absolute atomic E-state index is 0.0373. The first kappa shape index (κ1) is 48.4. The molecule has 11 nitrogen and oxygen atoms in total. The van der Waals surface area contributed by atoms with E-state index >= 15 is 0 Å². The predicted molar refractivity (Wildman–Crippen MR) is 218 cm³/mol. The van der Waals surface area contributed by atoms with Crippen LogP contribution < -0.4 is 10.6 Å².